The number of carbonyl (C=O) groups is 1. The molecule has 2 aromatic rings. The Bertz CT molecular complexity index is 564. The molecule has 1 heterocycles. The van der Waals surface area contributed by atoms with E-state index in [2.05, 4.69) is 11.4 Å². The summed E-state index contributed by atoms with van der Waals surface area (Å²) in [5.74, 6) is -0.0285. The smallest absolute Gasteiger partial charge is 0.253 e. The molecule has 0 aliphatic rings. The predicted molar refractivity (Wildman–Crippen MR) is 80.5 cm³/mol. The van der Waals surface area contributed by atoms with E-state index in [1.165, 1.54) is 4.88 Å². The zero-order chi connectivity index (χ0) is 13.8. The van der Waals surface area contributed by atoms with Gasteiger partial charge in [0.15, 0.2) is 0 Å². The number of hydrogen-bond donors (Lipinski definition) is 2. The lowest BCUT2D eigenvalue weighted by molar-refractivity contribution is 0.0827. The fourth-order valence-electron chi connectivity index (χ4n) is 1.70. The van der Waals surface area contributed by atoms with Crippen LogP contribution in [0.5, 0.6) is 0 Å². The van der Waals surface area contributed by atoms with Gasteiger partial charge in [-0.05, 0) is 29.6 Å². The number of nitrogens with zero attached hydrogens (tertiary/aromatic N) is 1. The molecule has 1 aromatic heterocycles. The lowest BCUT2D eigenvalue weighted by Crippen LogP contribution is -2.21. The largest absolute Gasteiger partial charge is 0.397 e. The number of anilines is 2. The Kier molecular flexibility index (Phi) is 4.06. The van der Waals surface area contributed by atoms with Crippen LogP contribution in [0.25, 0.3) is 0 Å². The third kappa shape index (κ3) is 3.26. The number of amides is 1. The van der Waals surface area contributed by atoms with Gasteiger partial charge in [-0.15, -0.1) is 11.3 Å². The monoisotopic (exact) mass is 275 g/mol. The fraction of sp³-hybridized carbons (Fsp3) is 0.214. The summed E-state index contributed by atoms with van der Waals surface area (Å²) in [4.78, 5) is 14.7. The number of thiophene rings is 1. The number of benzene rings is 1. The molecule has 0 unspecified atom stereocenters. The van der Waals surface area contributed by atoms with Crippen LogP contribution in [0.15, 0.2) is 35.7 Å². The lowest BCUT2D eigenvalue weighted by atomic mass is 10.1. The average Bonchev–Trinajstić information content (AvgIpc) is 2.90. The summed E-state index contributed by atoms with van der Waals surface area (Å²) in [5.41, 5.74) is 7.99. The Balaban J connectivity index is 2.15. The van der Waals surface area contributed by atoms with Crippen molar-refractivity contribution in [1.82, 2.24) is 4.90 Å². The standard InChI is InChI=1S/C14H17N3OS/c1-17(2)14(18)10-5-6-12(15)13(8-10)16-9-11-4-3-7-19-11/h3-8,16H,9,15H2,1-2H3. The van der Waals surface area contributed by atoms with E-state index in [1.807, 2.05) is 11.4 Å². The van der Waals surface area contributed by atoms with Crippen LogP contribution in [0.2, 0.25) is 0 Å². The fourth-order valence-corrected chi connectivity index (χ4v) is 2.34. The van der Waals surface area contributed by atoms with Gasteiger partial charge in [0.2, 0.25) is 0 Å². The Morgan fingerprint density at radius 2 is 2.16 bits per heavy atom. The van der Waals surface area contributed by atoms with Crippen LogP contribution >= 0.6 is 11.3 Å². The van der Waals surface area contributed by atoms with Crippen LogP contribution in [0.4, 0.5) is 11.4 Å². The van der Waals surface area contributed by atoms with Gasteiger partial charge < -0.3 is 16.0 Å². The molecule has 1 aromatic carbocycles. The van der Waals surface area contributed by atoms with E-state index < -0.39 is 0 Å². The van der Waals surface area contributed by atoms with E-state index in [0.29, 0.717) is 17.8 Å². The van der Waals surface area contributed by atoms with Crippen LogP contribution in [0.1, 0.15) is 15.2 Å². The third-order valence-electron chi connectivity index (χ3n) is 2.74. The van der Waals surface area contributed by atoms with Crippen molar-refractivity contribution in [2.45, 2.75) is 6.54 Å². The summed E-state index contributed by atoms with van der Waals surface area (Å²) in [6, 6.07) is 9.37. The SMILES string of the molecule is CN(C)C(=O)c1ccc(N)c(NCc2cccs2)c1. The maximum Gasteiger partial charge on any atom is 0.253 e. The second kappa shape index (κ2) is 5.75. The van der Waals surface area contributed by atoms with Gasteiger partial charge in [0.25, 0.3) is 5.91 Å². The second-order valence-corrected chi connectivity index (χ2v) is 5.47. The van der Waals surface area contributed by atoms with Crippen LogP contribution in [-0.2, 0) is 6.54 Å². The minimum absolute atomic E-state index is 0.0285. The number of nitrogens with one attached hydrogen (secondary N) is 1. The Labute approximate surface area is 116 Å². The van der Waals surface area contributed by atoms with Crippen molar-refractivity contribution in [3.05, 3.63) is 46.2 Å². The molecule has 0 aliphatic carbocycles. The Morgan fingerprint density at radius 3 is 2.79 bits per heavy atom. The van der Waals surface area contributed by atoms with Gasteiger partial charge in [0.05, 0.1) is 11.4 Å². The van der Waals surface area contributed by atoms with Crippen molar-refractivity contribution >= 4 is 28.6 Å². The maximum atomic E-state index is 11.9. The first-order valence-corrected chi connectivity index (χ1v) is 6.83. The van der Waals surface area contributed by atoms with Crippen molar-refractivity contribution in [2.24, 2.45) is 0 Å². The molecule has 0 saturated heterocycles. The molecule has 0 fully saturated rings. The van der Waals surface area contributed by atoms with E-state index in [1.54, 1.807) is 48.5 Å². The average molecular weight is 275 g/mol. The summed E-state index contributed by atoms with van der Waals surface area (Å²) >= 11 is 1.68. The summed E-state index contributed by atoms with van der Waals surface area (Å²) in [6.45, 7) is 0.710. The van der Waals surface area contributed by atoms with Gasteiger partial charge in [-0.2, -0.15) is 0 Å². The van der Waals surface area contributed by atoms with Gasteiger partial charge in [0, 0.05) is 31.1 Å². The first kappa shape index (κ1) is 13.4. The predicted octanol–water partition coefficient (Wildman–Crippen LogP) is 2.64. The molecule has 0 radical (unpaired) electrons. The number of nitrogen functional groups attached to an aromatic ring is 1. The van der Waals surface area contributed by atoms with Gasteiger partial charge in [0.1, 0.15) is 0 Å². The van der Waals surface area contributed by atoms with Gasteiger partial charge in [-0.1, -0.05) is 6.07 Å². The van der Waals surface area contributed by atoms with Gasteiger partial charge in [-0.3, -0.25) is 4.79 Å². The number of nitrogens with two attached hydrogens (primary N) is 1. The topological polar surface area (TPSA) is 58.4 Å². The molecule has 5 heteroatoms. The Morgan fingerprint density at radius 1 is 1.37 bits per heavy atom. The van der Waals surface area contributed by atoms with Crippen LogP contribution in [0, 0.1) is 0 Å². The van der Waals surface area contributed by atoms with E-state index in [-0.39, 0.29) is 5.91 Å². The maximum absolute atomic E-state index is 11.9. The third-order valence-corrected chi connectivity index (χ3v) is 3.62. The lowest BCUT2D eigenvalue weighted by Gasteiger charge is -2.13. The molecule has 4 nitrogen and oxygen atoms in total. The summed E-state index contributed by atoms with van der Waals surface area (Å²) < 4.78 is 0. The van der Waals surface area contributed by atoms with Crippen LogP contribution in [0.3, 0.4) is 0 Å². The highest BCUT2D eigenvalue weighted by atomic mass is 32.1. The van der Waals surface area contributed by atoms with E-state index >= 15 is 0 Å². The molecule has 0 bridgehead atoms. The molecule has 0 spiro atoms. The molecule has 0 aliphatic heterocycles. The zero-order valence-corrected chi connectivity index (χ0v) is 11.8. The second-order valence-electron chi connectivity index (χ2n) is 4.43. The van der Waals surface area contributed by atoms with Crippen molar-refractivity contribution in [3.63, 3.8) is 0 Å². The van der Waals surface area contributed by atoms with Gasteiger partial charge in [-0.25, -0.2) is 0 Å². The number of rotatable bonds is 4. The highest BCUT2D eigenvalue weighted by Crippen LogP contribution is 2.22. The molecule has 2 rings (SSSR count). The minimum Gasteiger partial charge on any atom is -0.397 e. The quantitative estimate of drug-likeness (QED) is 0.843. The van der Waals surface area contributed by atoms with Crippen LogP contribution < -0.4 is 11.1 Å². The van der Waals surface area contributed by atoms with Crippen molar-refractivity contribution in [3.8, 4) is 0 Å². The summed E-state index contributed by atoms with van der Waals surface area (Å²) in [7, 11) is 3.47. The van der Waals surface area contributed by atoms with Gasteiger partial charge >= 0.3 is 0 Å². The molecule has 0 saturated carbocycles. The molecule has 3 N–H and O–H groups in total. The van der Waals surface area contributed by atoms with Crippen molar-refractivity contribution in [1.29, 1.82) is 0 Å². The first-order valence-electron chi connectivity index (χ1n) is 5.95. The number of hydrogen-bond acceptors (Lipinski definition) is 4. The number of carbonyl (C=O) groups excluding carboxylic acids is 1. The van der Waals surface area contributed by atoms with Crippen LogP contribution in [-0.4, -0.2) is 24.9 Å². The molecule has 19 heavy (non-hydrogen) atoms. The summed E-state index contributed by atoms with van der Waals surface area (Å²) in [6.07, 6.45) is 0. The normalized spacial score (nSPS) is 10.2. The molecular weight excluding hydrogens is 258 g/mol. The molecular formula is C14H17N3OS. The first-order chi connectivity index (χ1) is 9.08. The van der Waals surface area contributed by atoms with E-state index in [0.717, 1.165) is 5.69 Å². The minimum atomic E-state index is -0.0285. The summed E-state index contributed by atoms with van der Waals surface area (Å²) in [5, 5.41) is 5.30. The van der Waals surface area contributed by atoms with E-state index in [4.69, 9.17) is 5.73 Å². The Hall–Kier alpha value is -2.01. The van der Waals surface area contributed by atoms with E-state index in [9.17, 15) is 4.79 Å². The van der Waals surface area contributed by atoms with Crippen molar-refractivity contribution in [2.75, 3.05) is 25.1 Å². The highest BCUT2D eigenvalue weighted by molar-refractivity contribution is 7.09. The highest BCUT2D eigenvalue weighted by Gasteiger charge is 2.10. The molecule has 100 valence electrons. The zero-order valence-electron chi connectivity index (χ0n) is 11.0. The molecule has 1 amide bonds. The van der Waals surface area contributed by atoms with Crippen molar-refractivity contribution < 1.29 is 4.79 Å². The molecule has 0 atom stereocenters.